The molecule has 0 aliphatic carbocycles. The van der Waals surface area contributed by atoms with Gasteiger partial charge in [0.2, 0.25) is 12.7 Å². The third kappa shape index (κ3) is 3.60. The highest BCUT2D eigenvalue weighted by atomic mass is 79.9. The predicted octanol–water partition coefficient (Wildman–Crippen LogP) is 2.87. The third-order valence-electron chi connectivity index (χ3n) is 4.64. The van der Waals surface area contributed by atoms with Crippen LogP contribution in [0.25, 0.3) is 0 Å². The molecule has 2 aromatic carbocycles. The third-order valence-corrected chi connectivity index (χ3v) is 5.14. The standard InChI is InChI=1S/C20H17BrN2O5/c21-13-4-5-14-15(9-13)20(26)23(19(14)25)7-1-2-18(24)22-10-12-3-6-16-17(8-12)28-11-27-16/h3-6,8-9H,1-2,7,10-11H2,(H,22,24). The largest absolute Gasteiger partial charge is 0.454 e. The fraction of sp³-hybridized carbons (Fsp3) is 0.250. The molecule has 0 bridgehead atoms. The maximum Gasteiger partial charge on any atom is 0.261 e. The SMILES string of the molecule is O=C(CCCN1C(=O)c2ccc(Br)cc2C1=O)NCc1ccc2c(c1)OCO2. The summed E-state index contributed by atoms with van der Waals surface area (Å²) in [4.78, 5) is 38.1. The summed E-state index contributed by atoms with van der Waals surface area (Å²) in [6.45, 7) is 0.790. The van der Waals surface area contributed by atoms with Gasteiger partial charge < -0.3 is 14.8 Å². The van der Waals surface area contributed by atoms with Crippen LogP contribution in [-0.4, -0.2) is 36.0 Å². The highest BCUT2D eigenvalue weighted by Gasteiger charge is 2.35. The molecule has 8 heteroatoms. The normalized spacial score (nSPS) is 14.4. The molecule has 2 aromatic rings. The number of carbonyl (C=O) groups excluding carboxylic acids is 3. The maximum absolute atomic E-state index is 12.4. The Morgan fingerprint density at radius 2 is 1.82 bits per heavy atom. The van der Waals surface area contributed by atoms with Crippen LogP contribution in [0.15, 0.2) is 40.9 Å². The molecule has 28 heavy (non-hydrogen) atoms. The van der Waals surface area contributed by atoms with Crippen LogP contribution in [0, 0.1) is 0 Å². The molecule has 2 aliphatic rings. The first-order chi connectivity index (χ1) is 13.5. The van der Waals surface area contributed by atoms with E-state index in [1.54, 1.807) is 18.2 Å². The van der Waals surface area contributed by atoms with Gasteiger partial charge in [-0.25, -0.2) is 0 Å². The monoisotopic (exact) mass is 444 g/mol. The molecule has 2 heterocycles. The minimum absolute atomic E-state index is 0.142. The first kappa shape index (κ1) is 18.5. The summed E-state index contributed by atoms with van der Waals surface area (Å²) in [5.41, 5.74) is 1.70. The van der Waals surface area contributed by atoms with Gasteiger partial charge in [-0.2, -0.15) is 0 Å². The van der Waals surface area contributed by atoms with Crippen molar-refractivity contribution >= 4 is 33.7 Å². The summed E-state index contributed by atoms with van der Waals surface area (Å²) in [6, 6.07) is 10.5. The van der Waals surface area contributed by atoms with Crippen LogP contribution in [0.3, 0.4) is 0 Å². The molecule has 0 aromatic heterocycles. The zero-order valence-electron chi connectivity index (χ0n) is 14.9. The Balaban J connectivity index is 1.26. The van der Waals surface area contributed by atoms with Crippen LogP contribution in [0.2, 0.25) is 0 Å². The van der Waals surface area contributed by atoms with Gasteiger partial charge in [-0.1, -0.05) is 22.0 Å². The number of benzene rings is 2. The van der Waals surface area contributed by atoms with E-state index in [9.17, 15) is 14.4 Å². The molecule has 0 unspecified atom stereocenters. The van der Waals surface area contributed by atoms with Gasteiger partial charge in [0.05, 0.1) is 11.1 Å². The predicted molar refractivity (Wildman–Crippen MR) is 103 cm³/mol. The zero-order valence-corrected chi connectivity index (χ0v) is 16.5. The molecular weight excluding hydrogens is 428 g/mol. The maximum atomic E-state index is 12.4. The highest BCUT2D eigenvalue weighted by Crippen LogP contribution is 2.32. The number of nitrogens with zero attached hydrogens (tertiary/aromatic N) is 1. The Labute approximate surface area is 169 Å². The van der Waals surface area contributed by atoms with Crippen LogP contribution in [0.4, 0.5) is 0 Å². The molecule has 0 saturated carbocycles. The minimum Gasteiger partial charge on any atom is -0.454 e. The summed E-state index contributed by atoms with van der Waals surface area (Å²) in [5.74, 6) is 0.597. The lowest BCUT2D eigenvalue weighted by Crippen LogP contribution is -2.32. The number of halogens is 1. The number of hydrogen-bond donors (Lipinski definition) is 1. The number of ether oxygens (including phenoxy) is 2. The molecular formula is C20H17BrN2O5. The van der Waals surface area contributed by atoms with Crippen molar-refractivity contribution in [3.63, 3.8) is 0 Å². The first-order valence-electron chi connectivity index (χ1n) is 8.84. The minimum atomic E-state index is -0.318. The Morgan fingerprint density at radius 1 is 1.04 bits per heavy atom. The summed E-state index contributed by atoms with van der Waals surface area (Å²) in [5, 5.41) is 2.83. The Morgan fingerprint density at radius 3 is 2.68 bits per heavy atom. The van der Waals surface area contributed by atoms with Crippen molar-refractivity contribution in [1.82, 2.24) is 10.2 Å². The van der Waals surface area contributed by atoms with Gasteiger partial charge in [-0.05, 0) is 42.3 Å². The number of amides is 3. The Hall–Kier alpha value is -2.87. The van der Waals surface area contributed by atoms with E-state index < -0.39 is 0 Å². The van der Waals surface area contributed by atoms with Crippen molar-refractivity contribution in [3.05, 3.63) is 57.6 Å². The molecule has 2 aliphatic heterocycles. The lowest BCUT2D eigenvalue weighted by Gasteiger charge is -2.13. The van der Waals surface area contributed by atoms with E-state index in [1.165, 1.54) is 4.90 Å². The van der Waals surface area contributed by atoms with Gasteiger partial charge in [0.1, 0.15) is 0 Å². The summed E-state index contributed by atoms with van der Waals surface area (Å²) < 4.78 is 11.3. The van der Waals surface area contributed by atoms with Crippen molar-refractivity contribution in [2.24, 2.45) is 0 Å². The number of nitrogens with one attached hydrogen (secondary N) is 1. The number of imide groups is 1. The summed E-state index contributed by atoms with van der Waals surface area (Å²) in [7, 11) is 0. The second-order valence-corrected chi connectivity index (χ2v) is 7.44. The molecule has 4 rings (SSSR count). The lowest BCUT2D eigenvalue weighted by atomic mass is 10.1. The average molecular weight is 445 g/mol. The van der Waals surface area contributed by atoms with Crippen molar-refractivity contribution in [2.75, 3.05) is 13.3 Å². The fourth-order valence-corrected chi connectivity index (χ4v) is 3.56. The van der Waals surface area contributed by atoms with Gasteiger partial charge in [-0.15, -0.1) is 0 Å². The summed E-state index contributed by atoms with van der Waals surface area (Å²) >= 11 is 3.31. The van der Waals surface area contributed by atoms with E-state index in [1.807, 2.05) is 18.2 Å². The smallest absolute Gasteiger partial charge is 0.261 e. The quantitative estimate of drug-likeness (QED) is 0.692. The van der Waals surface area contributed by atoms with Gasteiger partial charge in [0.15, 0.2) is 11.5 Å². The summed E-state index contributed by atoms with van der Waals surface area (Å²) in [6.07, 6.45) is 0.626. The number of rotatable bonds is 6. The van der Waals surface area contributed by atoms with Crippen molar-refractivity contribution in [2.45, 2.75) is 19.4 Å². The Kier molecular flexibility index (Phi) is 5.04. The van der Waals surface area contributed by atoms with E-state index in [-0.39, 0.29) is 37.5 Å². The molecule has 0 radical (unpaired) electrons. The molecule has 3 amide bonds. The first-order valence-corrected chi connectivity index (χ1v) is 9.63. The molecule has 1 N–H and O–H groups in total. The lowest BCUT2D eigenvalue weighted by molar-refractivity contribution is -0.121. The van der Waals surface area contributed by atoms with Crippen LogP contribution in [0.1, 0.15) is 39.1 Å². The molecule has 0 saturated heterocycles. The molecule has 0 fully saturated rings. The van der Waals surface area contributed by atoms with Crippen LogP contribution < -0.4 is 14.8 Å². The second kappa shape index (κ2) is 7.63. The molecule has 7 nitrogen and oxygen atoms in total. The average Bonchev–Trinajstić information content (AvgIpc) is 3.24. The number of hydrogen-bond acceptors (Lipinski definition) is 5. The molecule has 144 valence electrons. The van der Waals surface area contributed by atoms with Crippen LogP contribution in [0.5, 0.6) is 11.5 Å². The zero-order chi connectivity index (χ0) is 19.7. The van der Waals surface area contributed by atoms with Crippen molar-refractivity contribution < 1.29 is 23.9 Å². The second-order valence-electron chi connectivity index (χ2n) is 6.52. The van der Waals surface area contributed by atoms with Crippen LogP contribution >= 0.6 is 15.9 Å². The molecule has 0 spiro atoms. The van der Waals surface area contributed by atoms with Gasteiger partial charge >= 0.3 is 0 Å². The van der Waals surface area contributed by atoms with E-state index in [0.717, 1.165) is 10.0 Å². The van der Waals surface area contributed by atoms with E-state index in [2.05, 4.69) is 21.2 Å². The number of fused-ring (bicyclic) bond motifs is 2. The van der Waals surface area contributed by atoms with Crippen molar-refractivity contribution in [3.8, 4) is 11.5 Å². The van der Waals surface area contributed by atoms with E-state index in [4.69, 9.17) is 9.47 Å². The van der Waals surface area contributed by atoms with Crippen molar-refractivity contribution in [1.29, 1.82) is 0 Å². The topological polar surface area (TPSA) is 84.9 Å². The van der Waals surface area contributed by atoms with Gasteiger partial charge in [0.25, 0.3) is 11.8 Å². The van der Waals surface area contributed by atoms with Gasteiger partial charge in [-0.3, -0.25) is 19.3 Å². The van der Waals surface area contributed by atoms with Gasteiger partial charge in [0, 0.05) is 24.0 Å². The fourth-order valence-electron chi connectivity index (χ4n) is 3.20. The number of carbonyl (C=O) groups is 3. The Bertz CT molecular complexity index is 975. The van der Waals surface area contributed by atoms with E-state index >= 15 is 0 Å². The van der Waals surface area contributed by atoms with E-state index in [0.29, 0.717) is 35.6 Å². The highest BCUT2D eigenvalue weighted by molar-refractivity contribution is 9.10. The molecule has 0 atom stereocenters. The van der Waals surface area contributed by atoms with Crippen LogP contribution in [-0.2, 0) is 11.3 Å².